The molecule has 5 heteroatoms. The number of aromatic nitrogens is 2. The molecule has 2 aromatic rings. The molecular weight excluding hydrogens is 286 g/mol. The number of nitrogens with zero attached hydrogens (tertiary/aromatic N) is 2. The molecule has 2 nitrogen and oxygen atoms in total. The van der Waals surface area contributed by atoms with Gasteiger partial charge in [-0.05, 0) is 12.0 Å². The Morgan fingerprint density at radius 1 is 1.32 bits per heavy atom. The van der Waals surface area contributed by atoms with E-state index in [9.17, 15) is 4.39 Å². The number of benzene rings is 1. The first-order valence-corrected chi connectivity index (χ1v) is 7.42. The highest BCUT2D eigenvalue weighted by atomic mass is 35.5. The zero-order chi connectivity index (χ0) is 14.0. The summed E-state index contributed by atoms with van der Waals surface area (Å²) in [6.45, 7) is 5.13. The first kappa shape index (κ1) is 14.6. The Labute approximate surface area is 122 Å². The highest BCUT2D eigenvalue weighted by molar-refractivity contribution is 6.31. The maximum absolute atomic E-state index is 13.6. The molecule has 0 saturated carbocycles. The van der Waals surface area contributed by atoms with E-state index in [-0.39, 0.29) is 5.02 Å². The van der Waals surface area contributed by atoms with Crippen LogP contribution in [-0.2, 0) is 12.4 Å². The van der Waals surface area contributed by atoms with Crippen LogP contribution in [0.25, 0.3) is 11.0 Å². The Balaban J connectivity index is 2.53. The van der Waals surface area contributed by atoms with Crippen molar-refractivity contribution < 1.29 is 4.39 Å². The fourth-order valence-corrected chi connectivity index (χ4v) is 2.64. The lowest BCUT2D eigenvalue weighted by atomic mass is 10.0. The van der Waals surface area contributed by atoms with Crippen molar-refractivity contribution in [1.82, 2.24) is 9.55 Å². The van der Waals surface area contributed by atoms with Crippen LogP contribution in [0.4, 0.5) is 4.39 Å². The van der Waals surface area contributed by atoms with Crippen LogP contribution in [0.2, 0.25) is 5.02 Å². The van der Waals surface area contributed by atoms with E-state index in [1.54, 1.807) is 6.07 Å². The SMILES string of the molecule is CCC(CC)Cn1c(CCl)nc2cc(Cl)c(F)cc21. The second-order valence-corrected chi connectivity index (χ2v) is 5.38. The lowest BCUT2D eigenvalue weighted by molar-refractivity contribution is 0.419. The topological polar surface area (TPSA) is 17.8 Å². The molecule has 104 valence electrons. The van der Waals surface area contributed by atoms with Gasteiger partial charge in [-0.25, -0.2) is 9.37 Å². The molecule has 1 aromatic carbocycles. The third-order valence-corrected chi connectivity index (χ3v) is 4.11. The fraction of sp³-hybridized carbons (Fsp3) is 0.500. The monoisotopic (exact) mass is 302 g/mol. The molecule has 0 radical (unpaired) electrons. The Morgan fingerprint density at radius 3 is 2.58 bits per heavy atom. The van der Waals surface area contributed by atoms with Crippen LogP contribution in [0.15, 0.2) is 12.1 Å². The molecule has 1 heterocycles. The summed E-state index contributed by atoms with van der Waals surface area (Å²) >= 11 is 11.7. The van der Waals surface area contributed by atoms with Crippen molar-refractivity contribution in [2.75, 3.05) is 0 Å². The number of rotatable bonds is 5. The first-order valence-electron chi connectivity index (χ1n) is 6.50. The summed E-state index contributed by atoms with van der Waals surface area (Å²) in [6, 6.07) is 3.01. The molecule has 0 aliphatic rings. The maximum Gasteiger partial charge on any atom is 0.144 e. The zero-order valence-corrected chi connectivity index (χ0v) is 12.6. The van der Waals surface area contributed by atoms with Crippen LogP contribution in [0.1, 0.15) is 32.5 Å². The molecule has 0 atom stereocenters. The first-order chi connectivity index (χ1) is 9.10. The van der Waals surface area contributed by atoms with Gasteiger partial charge in [0.25, 0.3) is 0 Å². The molecule has 0 aliphatic carbocycles. The Hall–Kier alpha value is -0.800. The number of hydrogen-bond donors (Lipinski definition) is 0. The molecule has 19 heavy (non-hydrogen) atoms. The number of alkyl halides is 1. The van der Waals surface area contributed by atoms with Gasteiger partial charge in [-0.15, -0.1) is 11.6 Å². The standard InChI is InChI=1S/C14H17Cl2FN2/c1-3-9(4-2)8-19-13-6-11(17)10(16)5-12(13)18-14(19)7-15/h5-6,9H,3-4,7-8H2,1-2H3. The summed E-state index contributed by atoms with van der Waals surface area (Å²) in [5.41, 5.74) is 1.47. The van der Waals surface area contributed by atoms with Crippen LogP contribution >= 0.6 is 23.2 Å². The zero-order valence-electron chi connectivity index (χ0n) is 11.1. The van der Waals surface area contributed by atoms with Gasteiger partial charge in [0.05, 0.1) is 21.9 Å². The van der Waals surface area contributed by atoms with Crippen molar-refractivity contribution in [2.45, 2.75) is 39.1 Å². The summed E-state index contributed by atoms with van der Waals surface area (Å²) in [6.07, 6.45) is 2.15. The third-order valence-electron chi connectivity index (χ3n) is 3.58. The van der Waals surface area contributed by atoms with Gasteiger partial charge in [0.15, 0.2) is 0 Å². The summed E-state index contributed by atoms with van der Waals surface area (Å²) in [5, 5.41) is 0.0980. The molecule has 0 aliphatic heterocycles. The van der Waals surface area contributed by atoms with E-state index in [1.165, 1.54) is 6.07 Å². The second kappa shape index (κ2) is 6.10. The van der Waals surface area contributed by atoms with Crippen molar-refractivity contribution in [3.8, 4) is 0 Å². The largest absolute Gasteiger partial charge is 0.327 e. The van der Waals surface area contributed by atoms with Gasteiger partial charge in [0.1, 0.15) is 11.6 Å². The van der Waals surface area contributed by atoms with Crippen LogP contribution in [0.3, 0.4) is 0 Å². The predicted octanol–water partition coefficient (Wildman–Crippen LogP) is 5.00. The minimum atomic E-state index is -0.416. The summed E-state index contributed by atoms with van der Waals surface area (Å²) < 4.78 is 15.7. The van der Waals surface area contributed by atoms with Gasteiger partial charge in [-0.3, -0.25) is 0 Å². The van der Waals surface area contributed by atoms with Gasteiger partial charge in [-0.1, -0.05) is 38.3 Å². The average molecular weight is 303 g/mol. The van der Waals surface area contributed by atoms with Crippen LogP contribution in [-0.4, -0.2) is 9.55 Å². The van der Waals surface area contributed by atoms with E-state index >= 15 is 0 Å². The molecular formula is C14H17Cl2FN2. The quantitative estimate of drug-likeness (QED) is 0.710. The normalized spacial score (nSPS) is 11.7. The molecule has 0 N–H and O–H groups in total. The molecule has 0 bridgehead atoms. The predicted molar refractivity (Wildman–Crippen MR) is 78.3 cm³/mol. The van der Waals surface area contributed by atoms with Crippen LogP contribution < -0.4 is 0 Å². The van der Waals surface area contributed by atoms with Crippen molar-refractivity contribution in [1.29, 1.82) is 0 Å². The van der Waals surface area contributed by atoms with Crippen molar-refractivity contribution in [2.24, 2.45) is 5.92 Å². The molecule has 0 spiro atoms. The van der Waals surface area contributed by atoms with Crippen molar-refractivity contribution in [3.63, 3.8) is 0 Å². The average Bonchev–Trinajstić information content (AvgIpc) is 2.73. The van der Waals surface area contributed by atoms with Crippen LogP contribution in [0, 0.1) is 11.7 Å². The summed E-state index contributed by atoms with van der Waals surface area (Å²) in [4.78, 5) is 4.43. The summed E-state index contributed by atoms with van der Waals surface area (Å²) in [5.74, 6) is 1.21. The number of halogens is 3. The van der Waals surface area contributed by atoms with Crippen molar-refractivity contribution >= 4 is 34.2 Å². The lowest BCUT2D eigenvalue weighted by Gasteiger charge is -2.15. The van der Waals surface area contributed by atoms with E-state index in [0.717, 1.165) is 30.7 Å². The van der Waals surface area contributed by atoms with Gasteiger partial charge in [0, 0.05) is 12.6 Å². The Morgan fingerprint density at radius 2 is 2.00 bits per heavy atom. The summed E-state index contributed by atoms with van der Waals surface area (Å²) in [7, 11) is 0. The number of hydrogen-bond acceptors (Lipinski definition) is 1. The van der Waals surface area contributed by atoms with Gasteiger partial charge < -0.3 is 4.57 Å². The Kier molecular flexibility index (Phi) is 4.69. The second-order valence-electron chi connectivity index (χ2n) is 4.71. The molecule has 1 aromatic heterocycles. The van der Waals surface area contributed by atoms with E-state index in [1.807, 2.05) is 4.57 Å². The van der Waals surface area contributed by atoms with Gasteiger partial charge in [0.2, 0.25) is 0 Å². The molecule has 0 unspecified atom stereocenters. The van der Waals surface area contributed by atoms with E-state index < -0.39 is 5.82 Å². The highest BCUT2D eigenvalue weighted by Crippen LogP contribution is 2.26. The highest BCUT2D eigenvalue weighted by Gasteiger charge is 2.15. The minimum Gasteiger partial charge on any atom is -0.327 e. The fourth-order valence-electron chi connectivity index (χ4n) is 2.28. The molecule has 0 fully saturated rings. The number of imidazole rings is 1. The third kappa shape index (κ3) is 2.87. The number of fused-ring (bicyclic) bond motifs is 1. The Bertz CT molecular complexity index is 576. The molecule has 0 amide bonds. The van der Waals surface area contributed by atoms with E-state index in [4.69, 9.17) is 23.2 Å². The van der Waals surface area contributed by atoms with E-state index in [2.05, 4.69) is 18.8 Å². The van der Waals surface area contributed by atoms with Gasteiger partial charge >= 0.3 is 0 Å². The van der Waals surface area contributed by atoms with Gasteiger partial charge in [-0.2, -0.15) is 0 Å². The van der Waals surface area contributed by atoms with E-state index in [0.29, 0.717) is 17.3 Å². The van der Waals surface area contributed by atoms with Crippen molar-refractivity contribution in [3.05, 3.63) is 28.8 Å². The maximum atomic E-state index is 13.6. The smallest absolute Gasteiger partial charge is 0.144 e. The van der Waals surface area contributed by atoms with Crippen LogP contribution in [0.5, 0.6) is 0 Å². The minimum absolute atomic E-state index is 0.0980. The molecule has 0 saturated heterocycles. The lowest BCUT2D eigenvalue weighted by Crippen LogP contribution is -2.11. The molecule has 2 rings (SSSR count).